The van der Waals surface area contributed by atoms with Crippen LogP contribution < -0.4 is 5.32 Å². The Bertz CT molecular complexity index is 821. The quantitative estimate of drug-likeness (QED) is 0.896. The summed E-state index contributed by atoms with van der Waals surface area (Å²) in [5, 5.41) is 7.86. The van der Waals surface area contributed by atoms with E-state index in [0.29, 0.717) is 18.4 Å². The summed E-state index contributed by atoms with van der Waals surface area (Å²) in [6.45, 7) is 0.485. The number of hydrogen-bond acceptors (Lipinski definition) is 4. The van der Waals surface area contributed by atoms with Crippen LogP contribution in [0.1, 0.15) is 44.2 Å². The predicted molar refractivity (Wildman–Crippen MR) is 96.2 cm³/mol. The molecule has 4 bridgehead atoms. The Morgan fingerprint density at radius 2 is 2.04 bits per heavy atom. The Kier molecular flexibility index (Phi) is 3.61. The second-order valence-electron chi connectivity index (χ2n) is 8.43. The molecule has 4 saturated carbocycles. The van der Waals surface area contributed by atoms with Gasteiger partial charge in [-0.3, -0.25) is 9.78 Å². The van der Waals surface area contributed by atoms with E-state index in [1.165, 1.54) is 6.42 Å². The van der Waals surface area contributed by atoms with Crippen molar-refractivity contribution in [2.75, 3.05) is 0 Å². The third kappa shape index (κ3) is 2.54. The molecule has 7 heteroatoms. The summed E-state index contributed by atoms with van der Waals surface area (Å²) in [7, 11) is 0. The zero-order valence-corrected chi connectivity index (χ0v) is 15.3. The smallest absolute Gasteiger partial charge is 0.242 e. The van der Waals surface area contributed by atoms with Crippen molar-refractivity contribution in [3.63, 3.8) is 0 Å². The fraction of sp³-hybridized carbons (Fsp3) is 0.579. The third-order valence-corrected chi connectivity index (χ3v) is 6.79. The van der Waals surface area contributed by atoms with Crippen LogP contribution in [0.2, 0.25) is 5.28 Å². The van der Waals surface area contributed by atoms with E-state index in [9.17, 15) is 4.79 Å². The summed E-state index contributed by atoms with van der Waals surface area (Å²) in [5.74, 6) is 1.34. The van der Waals surface area contributed by atoms with Gasteiger partial charge in [-0.2, -0.15) is 0 Å². The molecule has 0 aliphatic heterocycles. The van der Waals surface area contributed by atoms with E-state index in [0.717, 1.165) is 37.8 Å². The fourth-order valence-electron chi connectivity index (χ4n) is 6.08. The highest BCUT2D eigenvalue weighted by Gasteiger charge is 2.61. The number of carbonyl (C=O) groups excluding carboxylic acids is 1. The maximum absolute atomic E-state index is 13.2. The molecule has 6 rings (SSSR count). The molecule has 6 nitrogen and oxygen atoms in total. The molecule has 0 spiro atoms. The Hall–Kier alpha value is -1.95. The average Bonchev–Trinajstić information content (AvgIpc) is 3.07. The number of aromatic nitrogens is 4. The number of nitrogens with zero attached hydrogens (tertiary/aromatic N) is 4. The van der Waals surface area contributed by atoms with Crippen molar-refractivity contribution in [3.8, 4) is 0 Å². The number of pyridine rings is 1. The van der Waals surface area contributed by atoms with E-state index in [4.69, 9.17) is 11.6 Å². The molecule has 2 atom stereocenters. The first kappa shape index (κ1) is 16.2. The molecule has 136 valence electrons. The minimum absolute atomic E-state index is 0.105. The standard InChI is InChI=1S/C19H22ClN5O/c20-17-23-12-25(24-17)19-8-13-5-14(9-19)7-18(6-13,11-19)16(26)22-10-15-3-1-2-4-21-15/h1-4,12-14H,5-11H2,(H,22,26)/t13-,14-,18?,19?/m0/s1. The lowest BCUT2D eigenvalue weighted by molar-refractivity contribution is -0.156. The van der Waals surface area contributed by atoms with Gasteiger partial charge in [-0.1, -0.05) is 6.07 Å². The van der Waals surface area contributed by atoms with E-state index >= 15 is 0 Å². The zero-order valence-electron chi connectivity index (χ0n) is 14.6. The van der Waals surface area contributed by atoms with Gasteiger partial charge in [0.05, 0.1) is 23.2 Å². The number of amides is 1. The largest absolute Gasteiger partial charge is 0.350 e. The molecule has 2 aromatic heterocycles. The van der Waals surface area contributed by atoms with Crippen molar-refractivity contribution < 1.29 is 4.79 Å². The number of halogens is 1. The molecule has 2 aromatic rings. The molecule has 0 aromatic carbocycles. The number of rotatable bonds is 4. The second-order valence-corrected chi connectivity index (χ2v) is 8.77. The van der Waals surface area contributed by atoms with Crippen LogP contribution in [-0.2, 0) is 16.9 Å². The van der Waals surface area contributed by atoms with Crippen molar-refractivity contribution in [2.24, 2.45) is 17.3 Å². The summed E-state index contributed by atoms with van der Waals surface area (Å²) in [6, 6.07) is 5.78. The van der Waals surface area contributed by atoms with Gasteiger partial charge in [0, 0.05) is 6.20 Å². The van der Waals surface area contributed by atoms with E-state index in [2.05, 4.69) is 20.4 Å². The third-order valence-electron chi connectivity index (χ3n) is 6.62. The lowest BCUT2D eigenvalue weighted by Gasteiger charge is -2.60. The normalized spacial score (nSPS) is 34.8. The number of carbonyl (C=O) groups is 1. The molecule has 1 N–H and O–H groups in total. The van der Waals surface area contributed by atoms with E-state index in [1.54, 1.807) is 12.5 Å². The fourth-order valence-corrected chi connectivity index (χ4v) is 6.21. The molecule has 26 heavy (non-hydrogen) atoms. The molecular formula is C19H22ClN5O. The van der Waals surface area contributed by atoms with Gasteiger partial charge in [0.1, 0.15) is 6.33 Å². The SMILES string of the molecule is O=C(NCc1ccccn1)C12C[C@@H]3C[C@@H](C1)CC(n1cnc(Cl)n1)(C3)C2. The minimum atomic E-state index is -0.294. The Balaban J connectivity index is 1.40. The molecular weight excluding hydrogens is 350 g/mol. The van der Waals surface area contributed by atoms with Crippen molar-refractivity contribution in [1.82, 2.24) is 25.1 Å². The van der Waals surface area contributed by atoms with Gasteiger partial charge in [-0.05, 0) is 74.1 Å². The van der Waals surface area contributed by atoms with E-state index < -0.39 is 0 Å². The van der Waals surface area contributed by atoms with Gasteiger partial charge in [0.15, 0.2) is 0 Å². The van der Waals surface area contributed by atoms with Crippen molar-refractivity contribution in [2.45, 2.75) is 50.6 Å². The summed E-state index contributed by atoms with van der Waals surface area (Å²) >= 11 is 5.99. The van der Waals surface area contributed by atoms with Crippen LogP contribution in [0.25, 0.3) is 0 Å². The van der Waals surface area contributed by atoms with Crippen LogP contribution in [0.15, 0.2) is 30.7 Å². The summed E-state index contributed by atoms with van der Waals surface area (Å²) in [6.07, 6.45) is 9.71. The molecule has 4 aliphatic carbocycles. The zero-order chi connectivity index (χ0) is 17.8. The van der Waals surface area contributed by atoms with Gasteiger partial charge < -0.3 is 5.32 Å². The first-order valence-corrected chi connectivity index (χ1v) is 9.71. The molecule has 4 fully saturated rings. The first-order chi connectivity index (χ1) is 12.6. The van der Waals surface area contributed by atoms with E-state index in [1.807, 2.05) is 22.9 Å². The molecule has 0 radical (unpaired) electrons. The van der Waals surface area contributed by atoms with Crippen LogP contribution in [-0.4, -0.2) is 25.7 Å². The van der Waals surface area contributed by atoms with Gasteiger partial charge in [0.2, 0.25) is 11.2 Å². The van der Waals surface area contributed by atoms with Crippen LogP contribution in [0, 0.1) is 17.3 Å². The highest BCUT2D eigenvalue weighted by Crippen LogP contribution is 2.64. The number of nitrogens with one attached hydrogen (secondary N) is 1. The topological polar surface area (TPSA) is 72.7 Å². The maximum Gasteiger partial charge on any atom is 0.242 e. The van der Waals surface area contributed by atoms with Crippen molar-refractivity contribution in [3.05, 3.63) is 41.7 Å². The highest BCUT2D eigenvalue weighted by molar-refractivity contribution is 6.28. The minimum Gasteiger partial charge on any atom is -0.350 e. The second kappa shape index (κ2) is 5.78. The van der Waals surface area contributed by atoms with Crippen LogP contribution in [0.3, 0.4) is 0 Å². The molecule has 4 aliphatic rings. The first-order valence-electron chi connectivity index (χ1n) is 9.33. The Morgan fingerprint density at radius 3 is 2.69 bits per heavy atom. The Morgan fingerprint density at radius 1 is 1.23 bits per heavy atom. The van der Waals surface area contributed by atoms with Gasteiger partial charge in [-0.25, -0.2) is 9.67 Å². The summed E-state index contributed by atoms with van der Waals surface area (Å²) in [4.78, 5) is 21.7. The van der Waals surface area contributed by atoms with Crippen molar-refractivity contribution in [1.29, 1.82) is 0 Å². The van der Waals surface area contributed by atoms with Crippen LogP contribution in [0.4, 0.5) is 0 Å². The lowest BCUT2D eigenvalue weighted by Crippen LogP contribution is -2.61. The molecule has 2 heterocycles. The molecule has 0 unspecified atom stereocenters. The predicted octanol–water partition coefficient (Wildman–Crippen LogP) is 2.94. The average molecular weight is 372 g/mol. The van der Waals surface area contributed by atoms with Gasteiger partial charge in [-0.15, -0.1) is 5.10 Å². The van der Waals surface area contributed by atoms with Gasteiger partial charge in [0.25, 0.3) is 0 Å². The summed E-state index contributed by atoms with van der Waals surface area (Å²) < 4.78 is 1.95. The van der Waals surface area contributed by atoms with Crippen LogP contribution in [0.5, 0.6) is 0 Å². The molecule has 1 amide bonds. The maximum atomic E-state index is 13.2. The number of hydrogen-bond donors (Lipinski definition) is 1. The lowest BCUT2D eigenvalue weighted by atomic mass is 9.46. The van der Waals surface area contributed by atoms with Crippen LogP contribution >= 0.6 is 11.6 Å². The highest BCUT2D eigenvalue weighted by atomic mass is 35.5. The Labute approximate surface area is 157 Å². The summed E-state index contributed by atoms with van der Waals surface area (Å²) in [5.41, 5.74) is 0.493. The molecule has 0 saturated heterocycles. The van der Waals surface area contributed by atoms with E-state index in [-0.39, 0.29) is 22.1 Å². The van der Waals surface area contributed by atoms with Crippen molar-refractivity contribution >= 4 is 17.5 Å². The van der Waals surface area contributed by atoms with Gasteiger partial charge >= 0.3 is 0 Å². The monoisotopic (exact) mass is 371 g/mol.